The number of benzene rings is 6. The highest BCUT2D eigenvalue weighted by atomic mass is 35.5. The van der Waals surface area contributed by atoms with Crippen molar-refractivity contribution in [1.82, 2.24) is 15.0 Å². The van der Waals surface area contributed by atoms with Gasteiger partial charge in [-0.1, -0.05) is 109 Å². The molecule has 0 amide bonds. The van der Waals surface area contributed by atoms with Crippen LogP contribution in [-0.4, -0.2) is 15.0 Å². The molecule has 0 saturated carbocycles. The van der Waals surface area contributed by atoms with Gasteiger partial charge in [0.1, 0.15) is 0 Å². The number of hydrogen-bond acceptors (Lipinski definition) is 5. The maximum absolute atomic E-state index is 7.06. The fourth-order valence-corrected chi connectivity index (χ4v) is 8.74. The van der Waals surface area contributed by atoms with E-state index in [4.69, 9.17) is 26.6 Å². The van der Waals surface area contributed by atoms with Gasteiger partial charge < -0.3 is 0 Å². The molecule has 0 unspecified atom stereocenters. The summed E-state index contributed by atoms with van der Waals surface area (Å²) in [7, 11) is 0. The molecular formula is C37H20ClN3S2. The van der Waals surface area contributed by atoms with Crippen LogP contribution in [0.25, 0.3) is 85.3 Å². The number of fused-ring (bicyclic) bond motifs is 8. The van der Waals surface area contributed by atoms with Crippen molar-refractivity contribution < 1.29 is 0 Å². The van der Waals surface area contributed by atoms with Crippen molar-refractivity contribution in [1.29, 1.82) is 0 Å². The number of rotatable bonds is 3. The quantitative estimate of drug-likeness (QED) is 0.201. The van der Waals surface area contributed by atoms with E-state index < -0.39 is 0 Å². The second-order valence-corrected chi connectivity index (χ2v) is 13.0. The molecule has 3 nitrogen and oxygen atoms in total. The van der Waals surface area contributed by atoms with Crippen molar-refractivity contribution >= 4 is 85.4 Å². The first kappa shape index (κ1) is 24.9. The molecule has 0 atom stereocenters. The van der Waals surface area contributed by atoms with Gasteiger partial charge in [-0.25, -0.2) is 15.0 Å². The van der Waals surface area contributed by atoms with Gasteiger partial charge in [0, 0.05) is 57.0 Å². The Kier molecular flexibility index (Phi) is 5.60. The van der Waals surface area contributed by atoms with Crippen LogP contribution in [-0.2, 0) is 0 Å². The van der Waals surface area contributed by atoms with Crippen LogP contribution in [0.3, 0.4) is 0 Å². The highest BCUT2D eigenvalue weighted by Gasteiger charge is 2.21. The first-order chi connectivity index (χ1) is 21.2. The van der Waals surface area contributed by atoms with Crippen LogP contribution in [0.15, 0.2) is 121 Å². The van der Waals surface area contributed by atoms with Gasteiger partial charge in [-0.2, -0.15) is 0 Å². The lowest BCUT2D eigenvalue weighted by atomic mass is 10.0. The topological polar surface area (TPSA) is 38.7 Å². The van der Waals surface area contributed by atoms with Gasteiger partial charge in [0.25, 0.3) is 0 Å². The average molecular weight is 606 g/mol. The highest BCUT2D eigenvalue weighted by molar-refractivity contribution is 7.27. The third-order valence-corrected chi connectivity index (χ3v) is 10.8. The Labute approximate surface area is 259 Å². The van der Waals surface area contributed by atoms with E-state index in [9.17, 15) is 0 Å². The van der Waals surface area contributed by atoms with E-state index in [-0.39, 0.29) is 0 Å². The SMILES string of the molecule is Clc1ccc2sc3c4ccccc4ccc3c2c1-c1nc(-c2ccccc2)nc(-c2cccc3c2sc2ccccc23)n1. The van der Waals surface area contributed by atoms with Crippen LogP contribution in [0.1, 0.15) is 0 Å². The molecule has 0 saturated heterocycles. The maximum atomic E-state index is 7.06. The Morgan fingerprint density at radius 1 is 0.465 bits per heavy atom. The maximum Gasteiger partial charge on any atom is 0.166 e. The Morgan fingerprint density at radius 3 is 2.09 bits per heavy atom. The predicted molar refractivity (Wildman–Crippen MR) is 184 cm³/mol. The molecule has 9 rings (SSSR count). The van der Waals surface area contributed by atoms with Gasteiger partial charge in [0.2, 0.25) is 0 Å². The molecule has 0 N–H and O–H groups in total. The molecular weight excluding hydrogens is 586 g/mol. The second kappa shape index (κ2) is 9.68. The van der Waals surface area contributed by atoms with Crippen molar-refractivity contribution in [3.05, 3.63) is 126 Å². The van der Waals surface area contributed by atoms with Gasteiger partial charge in [0.15, 0.2) is 17.5 Å². The Bertz CT molecular complexity index is 2530. The summed E-state index contributed by atoms with van der Waals surface area (Å²) in [5.74, 6) is 1.83. The first-order valence-electron chi connectivity index (χ1n) is 14.0. The number of halogens is 1. The van der Waals surface area contributed by atoms with E-state index in [1.165, 1.54) is 30.9 Å². The predicted octanol–water partition coefficient (Wildman–Crippen LogP) is 11.4. The second-order valence-electron chi connectivity index (χ2n) is 10.5. The summed E-state index contributed by atoms with van der Waals surface area (Å²) in [6, 6.07) is 42.0. The van der Waals surface area contributed by atoms with Crippen molar-refractivity contribution in [2.24, 2.45) is 0 Å². The summed E-state index contributed by atoms with van der Waals surface area (Å²) >= 11 is 10.6. The van der Waals surface area contributed by atoms with Gasteiger partial charge in [-0.05, 0) is 35.0 Å². The minimum absolute atomic E-state index is 0.574. The Balaban J connectivity index is 1.37. The fraction of sp³-hybridized carbons (Fsp3) is 0. The summed E-state index contributed by atoms with van der Waals surface area (Å²) in [6.45, 7) is 0. The molecule has 0 aliphatic heterocycles. The van der Waals surface area contributed by atoms with Crippen LogP contribution in [0, 0.1) is 0 Å². The fourth-order valence-electron chi connectivity index (χ4n) is 6.04. The number of hydrogen-bond donors (Lipinski definition) is 0. The summed E-state index contributed by atoms with van der Waals surface area (Å²) < 4.78 is 4.80. The minimum Gasteiger partial charge on any atom is -0.208 e. The van der Waals surface area contributed by atoms with Crippen LogP contribution >= 0.6 is 34.3 Å². The smallest absolute Gasteiger partial charge is 0.166 e. The van der Waals surface area contributed by atoms with E-state index in [1.807, 2.05) is 36.4 Å². The molecule has 202 valence electrons. The zero-order valence-electron chi connectivity index (χ0n) is 22.6. The molecule has 0 fully saturated rings. The zero-order valence-corrected chi connectivity index (χ0v) is 25.0. The molecule has 43 heavy (non-hydrogen) atoms. The molecule has 3 aromatic heterocycles. The molecule has 6 heteroatoms. The van der Waals surface area contributed by atoms with Gasteiger partial charge in [-0.15, -0.1) is 22.7 Å². The molecule has 0 aliphatic rings. The van der Waals surface area contributed by atoms with Crippen LogP contribution in [0.5, 0.6) is 0 Å². The van der Waals surface area contributed by atoms with Gasteiger partial charge in [0.05, 0.1) is 5.02 Å². The van der Waals surface area contributed by atoms with E-state index in [0.29, 0.717) is 22.5 Å². The minimum atomic E-state index is 0.574. The number of thiophene rings is 2. The lowest BCUT2D eigenvalue weighted by Crippen LogP contribution is -2.01. The standard InChI is InChI=1S/C37H20ClN3S2/c38-28-19-20-30-31(26-18-17-21-9-4-5-12-23(21)33(26)43-30)32(28)37-40-35(22-10-2-1-3-11-22)39-36(41-37)27-15-8-14-25-24-13-6-7-16-29(24)42-34(25)27/h1-20H. The summed E-state index contributed by atoms with van der Waals surface area (Å²) in [4.78, 5) is 15.3. The largest absolute Gasteiger partial charge is 0.208 e. The van der Waals surface area contributed by atoms with Crippen molar-refractivity contribution in [2.75, 3.05) is 0 Å². The first-order valence-corrected chi connectivity index (χ1v) is 16.0. The highest BCUT2D eigenvalue weighted by Crippen LogP contribution is 2.46. The summed E-state index contributed by atoms with van der Waals surface area (Å²) in [5.41, 5.74) is 2.76. The van der Waals surface area contributed by atoms with E-state index in [2.05, 4.69) is 84.9 Å². The molecule has 3 heterocycles. The lowest BCUT2D eigenvalue weighted by molar-refractivity contribution is 1.08. The van der Waals surface area contributed by atoms with Gasteiger partial charge in [-0.3, -0.25) is 0 Å². The van der Waals surface area contributed by atoms with E-state index >= 15 is 0 Å². The molecule has 0 aliphatic carbocycles. The molecule has 0 spiro atoms. The number of nitrogens with zero attached hydrogens (tertiary/aromatic N) is 3. The molecule has 6 aromatic carbocycles. The van der Waals surface area contributed by atoms with E-state index in [1.54, 1.807) is 22.7 Å². The van der Waals surface area contributed by atoms with Crippen LogP contribution < -0.4 is 0 Å². The van der Waals surface area contributed by atoms with Crippen LogP contribution in [0.4, 0.5) is 0 Å². The van der Waals surface area contributed by atoms with Gasteiger partial charge >= 0.3 is 0 Å². The average Bonchev–Trinajstić information content (AvgIpc) is 3.64. The molecule has 0 radical (unpaired) electrons. The third kappa shape index (κ3) is 3.90. The normalized spacial score (nSPS) is 11.8. The molecule has 9 aromatic rings. The van der Waals surface area contributed by atoms with Crippen molar-refractivity contribution in [3.8, 4) is 34.2 Å². The van der Waals surface area contributed by atoms with E-state index in [0.717, 1.165) is 36.9 Å². The van der Waals surface area contributed by atoms with Crippen molar-refractivity contribution in [2.45, 2.75) is 0 Å². The third-order valence-electron chi connectivity index (χ3n) is 8.01. The molecule has 0 bridgehead atoms. The summed E-state index contributed by atoms with van der Waals surface area (Å²) in [6.07, 6.45) is 0. The summed E-state index contributed by atoms with van der Waals surface area (Å²) in [5, 5.41) is 7.77. The van der Waals surface area contributed by atoms with Crippen LogP contribution in [0.2, 0.25) is 5.02 Å². The number of aromatic nitrogens is 3. The Morgan fingerprint density at radius 2 is 1.19 bits per heavy atom. The lowest BCUT2D eigenvalue weighted by Gasteiger charge is -2.11. The van der Waals surface area contributed by atoms with Crippen molar-refractivity contribution in [3.63, 3.8) is 0 Å². The monoisotopic (exact) mass is 605 g/mol. The Hall–Kier alpha value is -4.68. The zero-order chi connectivity index (χ0) is 28.5.